The van der Waals surface area contributed by atoms with Crippen molar-refractivity contribution in [3.63, 3.8) is 0 Å². The standard InChI is InChI=1S/C13H10ClN3O2S/c1-7(15-11(18)12-16-17-13(14)20-12)10-6-8-4-2-3-5-9(8)19-10/h2-7H,1H3,(H,15,18). The molecule has 20 heavy (non-hydrogen) atoms. The van der Waals surface area contributed by atoms with Crippen LogP contribution in [0, 0.1) is 0 Å². The second-order valence-electron chi connectivity index (χ2n) is 4.24. The van der Waals surface area contributed by atoms with Gasteiger partial charge in [-0.1, -0.05) is 29.5 Å². The summed E-state index contributed by atoms with van der Waals surface area (Å²) in [5, 5.41) is 11.3. The zero-order chi connectivity index (χ0) is 14.1. The fourth-order valence-corrected chi connectivity index (χ4v) is 2.57. The smallest absolute Gasteiger partial charge is 0.282 e. The summed E-state index contributed by atoms with van der Waals surface area (Å²) in [5.74, 6) is 0.373. The maximum atomic E-state index is 12.0. The number of carbonyl (C=O) groups excluding carboxylic acids is 1. The molecule has 1 unspecified atom stereocenters. The Morgan fingerprint density at radius 3 is 2.90 bits per heavy atom. The van der Waals surface area contributed by atoms with Crippen LogP contribution in [0.3, 0.4) is 0 Å². The minimum atomic E-state index is -0.317. The van der Waals surface area contributed by atoms with Crippen molar-refractivity contribution >= 4 is 39.8 Å². The summed E-state index contributed by atoms with van der Waals surface area (Å²) in [6, 6.07) is 9.33. The van der Waals surface area contributed by atoms with E-state index in [4.69, 9.17) is 16.0 Å². The molecule has 0 fully saturated rings. The van der Waals surface area contributed by atoms with Crippen LogP contribution in [0.25, 0.3) is 11.0 Å². The summed E-state index contributed by atoms with van der Waals surface area (Å²) in [6.45, 7) is 1.85. The summed E-state index contributed by atoms with van der Waals surface area (Å²) >= 11 is 6.70. The molecule has 0 aliphatic heterocycles. The highest BCUT2D eigenvalue weighted by Crippen LogP contribution is 2.24. The highest BCUT2D eigenvalue weighted by Gasteiger charge is 2.18. The van der Waals surface area contributed by atoms with E-state index in [-0.39, 0.29) is 21.4 Å². The Hall–Kier alpha value is -1.92. The van der Waals surface area contributed by atoms with Crippen LogP contribution in [0.5, 0.6) is 0 Å². The zero-order valence-electron chi connectivity index (χ0n) is 10.5. The van der Waals surface area contributed by atoms with Gasteiger partial charge in [0.15, 0.2) is 0 Å². The molecule has 1 atom stereocenters. The molecule has 3 aromatic rings. The summed E-state index contributed by atoms with van der Waals surface area (Å²) in [4.78, 5) is 12.0. The van der Waals surface area contributed by atoms with E-state index in [1.807, 2.05) is 37.3 Å². The summed E-state index contributed by atoms with van der Waals surface area (Å²) < 4.78 is 5.94. The number of hydrogen-bond donors (Lipinski definition) is 1. The van der Waals surface area contributed by atoms with E-state index in [1.54, 1.807) is 0 Å². The van der Waals surface area contributed by atoms with Gasteiger partial charge >= 0.3 is 0 Å². The third kappa shape index (κ3) is 2.52. The molecule has 0 saturated carbocycles. The van der Waals surface area contributed by atoms with E-state index in [1.165, 1.54) is 0 Å². The lowest BCUT2D eigenvalue weighted by Gasteiger charge is -2.09. The molecule has 7 heteroatoms. The molecule has 3 rings (SSSR count). The van der Waals surface area contributed by atoms with Crippen LogP contribution in [0.15, 0.2) is 34.7 Å². The molecule has 1 aromatic carbocycles. The summed E-state index contributed by atoms with van der Waals surface area (Å²) in [6.07, 6.45) is 0. The van der Waals surface area contributed by atoms with Crippen molar-refractivity contribution in [3.05, 3.63) is 45.6 Å². The van der Waals surface area contributed by atoms with Crippen molar-refractivity contribution in [2.24, 2.45) is 0 Å². The number of para-hydroxylation sites is 1. The summed E-state index contributed by atoms with van der Waals surface area (Å²) in [5.41, 5.74) is 0.794. The molecule has 1 N–H and O–H groups in total. The second kappa shape index (κ2) is 5.22. The van der Waals surface area contributed by atoms with Gasteiger partial charge in [-0.05, 0) is 30.7 Å². The van der Waals surface area contributed by atoms with Crippen molar-refractivity contribution < 1.29 is 9.21 Å². The lowest BCUT2D eigenvalue weighted by molar-refractivity contribution is 0.0934. The average molecular weight is 308 g/mol. The average Bonchev–Trinajstić information content (AvgIpc) is 3.04. The molecule has 0 aliphatic rings. The Balaban J connectivity index is 1.78. The molecule has 5 nitrogen and oxygen atoms in total. The van der Waals surface area contributed by atoms with Crippen LogP contribution in [0.2, 0.25) is 4.47 Å². The van der Waals surface area contributed by atoms with Crippen molar-refractivity contribution in [3.8, 4) is 0 Å². The molecule has 2 heterocycles. The van der Waals surface area contributed by atoms with Crippen LogP contribution in [-0.4, -0.2) is 16.1 Å². The Bertz CT molecular complexity index is 735. The van der Waals surface area contributed by atoms with E-state index < -0.39 is 0 Å². The molecule has 102 valence electrons. The highest BCUT2D eigenvalue weighted by molar-refractivity contribution is 7.17. The van der Waals surface area contributed by atoms with E-state index >= 15 is 0 Å². The number of benzene rings is 1. The molecule has 0 bridgehead atoms. The van der Waals surface area contributed by atoms with Gasteiger partial charge in [0.05, 0.1) is 6.04 Å². The van der Waals surface area contributed by atoms with E-state index in [2.05, 4.69) is 15.5 Å². The predicted octanol–water partition coefficient (Wildman–Crippen LogP) is 3.43. The topological polar surface area (TPSA) is 68.0 Å². The number of halogens is 1. The summed E-state index contributed by atoms with van der Waals surface area (Å²) in [7, 11) is 0. The molecule has 0 aliphatic carbocycles. The number of carbonyl (C=O) groups is 1. The van der Waals surface area contributed by atoms with Gasteiger partial charge in [0, 0.05) is 5.39 Å². The molecule has 0 radical (unpaired) electrons. The first kappa shape index (κ1) is 13.1. The van der Waals surface area contributed by atoms with Crippen LogP contribution in [-0.2, 0) is 0 Å². The number of aromatic nitrogens is 2. The fourth-order valence-electron chi connectivity index (χ4n) is 1.84. The quantitative estimate of drug-likeness (QED) is 0.805. The maximum Gasteiger partial charge on any atom is 0.282 e. The second-order valence-corrected chi connectivity index (χ2v) is 5.80. The third-order valence-corrected chi connectivity index (χ3v) is 3.83. The number of furan rings is 1. The van der Waals surface area contributed by atoms with Gasteiger partial charge in [-0.2, -0.15) is 0 Å². The lowest BCUT2D eigenvalue weighted by Crippen LogP contribution is -2.26. The normalized spacial score (nSPS) is 12.5. The highest BCUT2D eigenvalue weighted by atomic mass is 35.5. The fraction of sp³-hybridized carbons (Fsp3) is 0.154. The maximum absolute atomic E-state index is 12.0. The Morgan fingerprint density at radius 2 is 2.20 bits per heavy atom. The number of nitrogens with zero attached hydrogens (tertiary/aromatic N) is 2. The molecule has 0 spiro atoms. The van der Waals surface area contributed by atoms with Crippen molar-refractivity contribution in [2.45, 2.75) is 13.0 Å². The van der Waals surface area contributed by atoms with Gasteiger partial charge in [-0.25, -0.2) is 0 Å². The minimum absolute atomic E-state index is 0.234. The Labute approximate surface area is 123 Å². The van der Waals surface area contributed by atoms with Crippen LogP contribution in [0.4, 0.5) is 0 Å². The zero-order valence-corrected chi connectivity index (χ0v) is 12.0. The minimum Gasteiger partial charge on any atom is -0.459 e. The molecular formula is C13H10ClN3O2S. The van der Waals surface area contributed by atoms with Crippen molar-refractivity contribution in [2.75, 3.05) is 0 Å². The molecule has 0 saturated heterocycles. The molecular weight excluding hydrogens is 298 g/mol. The predicted molar refractivity (Wildman–Crippen MR) is 77.0 cm³/mol. The van der Waals surface area contributed by atoms with Crippen molar-refractivity contribution in [1.82, 2.24) is 15.5 Å². The van der Waals surface area contributed by atoms with Crippen LogP contribution >= 0.6 is 22.9 Å². The third-order valence-electron chi connectivity index (χ3n) is 2.81. The number of rotatable bonds is 3. The van der Waals surface area contributed by atoms with Crippen LogP contribution in [0.1, 0.15) is 28.5 Å². The van der Waals surface area contributed by atoms with Gasteiger partial charge < -0.3 is 9.73 Å². The number of nitrogens with one attached hydrogen (secondary N) is 1. The van der Waals surface area contributed by atoms with Gasteiger partial charge in [0.2, 0.25) is 9.47 Å². The Kier molecular flexibility index (Phi) is 3.42. The van der Waals surface area contributed by atoms with E-state index in [0.717, 1.165) is 22.3 Å². The number of fused-ring (bicyclic) bond motifs is 1. The van der Waals surface area contributed by atoms with Gasteiger partial charge in [0.1, 0.15) is 11.3 Å². The Morgan fingerprint density at radius 1 is 1.40 bits per heavy atom. The first-order chi connectivity index (χ1) is 9.63. The molecule has 2 aromatic heterocycles. The largest absolute Gasteiger partial charge is 0.459 e. The lowest BCUT2D eigenvalue weighted by atomic mass is 10.2. The molecule has 1 amide bonds. The van der Waals surface area contributed by atoms with Crippen molar-refractivity contribution in [1.29, 1.82) is 0 Å². The monoisotopic (exact) mass is 307 g/mol. The van der Waals surface area contributed by atoms with Gasteiger partial charge in [-0.15, -0.1) is 10.2 Å². The van der Waals surface area contributed by atoms with E-state index in [9.17, 15) is 4.79 Å². The SMILES string of the molecule is CC(NC(=O)c1nnc(Cl)s1)c1cc2ccccc2o1. The number of amides is 1. The van der Waals surface area contributed by atoms with Gasteiger partial charge in [-0.3, -0.25) is 4.79 Å². The van der Waals surface area contributed by atoms with Gasteiger partial charge in [0.25, 0.3) is 5.91 Å². The van der Waals surface area contributed by atoms with E-state index in [0.29, 0.717) is 5.76 Å². The van der Waals surface area contributed by atoms with Crippen LogP contribution < -0.4 is 5.32 Å². The first-order valence-corrected chi connectivity index (χ1v) is 7.11. The first-order valence-electron chi connectivity index (χ1n) is 5.92. The number of hydrogen-bond acceptors (Lipinski definition) is 5.